The van der Waals surface area contributed by atoms with Crippen LogP contribution in [0.1, 0.15) is 6.92 Å². The molecule has 1 atom stereocenters. The number of hydrogen-bond acceptors (Lipinski definition) is 4. The molecule has 1 N–H and O–H groups in total. The van der Waals surface area contributed by atoms with Crippen molar-refractivity contribution in [3.05, 3.63) is 11.5 Å². The largest absolute Gasteiger partial charge is 0.475 e. The van der Waals surface area contributed by atoms with Crippen LogP contribution in [-0.4, -0.2) is 22.0 Å². The maximum atomic E-state index is 11.1. The number of carbonyl (C=O) groups excluding carboxylic acids is 1. The van der Waals surface area contributed by atoms with E-state index in [1.807, 2.05) is 0 Å². The monoisotopic (exact) mass is 199 g/mol. The van der Waals surface area contributed by atoms with Gasteiger partial charge in [0.25, 0.3) is 5.91 Å². The SMILES string of the molecule is CC1Oc2cnc(Cl)nc2NC1=O. The van der Waals surface area contributed by atoms with Crippen LogP contribution in [0, 0.1) is 0 Å². The highest BCUT2D eigenvalue weighted by atomic mass is 35.5. The fourth-order valence-corrected chi connectivity index (χ4v) is 1.12. The molecule has 2 rings (SSSR count). The van der Waals surface area contributed by atoms with E-state index < -0.39 is 6.10 Å². The number of anilines is 1. The molecule has 0 saturated carbocycles. The number of rotatable bonds is 0. The molecule has 0 spiro atoms. The molecular weight excluding hydrogens is 194 g/mol. The van der Waals surface area contributed by atoms with Gasteiger partial charge in [0.2, 0.25) is 5.28 Å². The van der Waals surface area contributed by atoms with Gasteiger partial charge in [0.05, 0.1) is 6.20 Å². The average molecular weight is 200 g/mol. The molecule has 0 bridgehead atoms. The highest BCUT2D eigenvalue weighted by Gasteiger charge is 2.24. The zero-order valence-corrected chi connectivity index (χ0v) is 7.50. The van der Waals surface area contributed by atoms with E-state index in [0.29, 0.717) is 11.6 Å². The van der Waals surface area contributed by atoms with Crippen LogP contribution in [0.15, 0.2) is 6.20 Å². The second kappa shape index (κ2) is 2.85. The first-order valence-electron chi connectivity index (χ1n) is 3.67. The molecule has 1 aliphatic rings. The first kappa shape index (κ1) is 8.25. The number of nitrogens with one attached hydrogen (secondary N) is 1. The fourth-order valence-electron chi connectivity index (χ4n) is 0.987. The van der Waals surface area contributed by atoms with Crippen LogP contribution in [0.2, 0.25) is 5.28 Å². The standard InChI is InChI=1S/C7H6ClN3O2/c1-3-6(12)10-5-4(13-3)2-9-7(8)11-5/h2-3H,1H3,(H,9,10,11,12). The molecule has 5 nitrogen and oxygen atoms in total. The van der Waals surface area contributed by atoms with Crippen LogP contribution in [0.3, 0.4) is 0 Å². The molecule has 0 saturated heterocycles. The van der Waals surface area contributed by atoms with Gasteiger partial charge in [-0.3, -0.25) is 4.79 Å². The molecular formula is C7H6ClN3O2. The van der Waals surface area contributed by atoms with E-state index in [2.05, 4.69) is 15.3 Å². The Balaban J connectivity index is 2.42. The van der Waals surface area contributed by atoms with Crippen LogP contribution >= 0.6 is 11.6 Å². The Hall–Kier alpha value is -1.36. The molecule has 6 heteroatoms. The predicted molar refractivity (Wildman–Crippen MR) is 45.8 cm³/mol. The Labute approximate surface area is 79.1 Å². The van der Waals surface area contributed by atoms with Crippen molar-refractivity contribution in [2.24, 2.45) is 0 Å². The van der Waals surface area contributed by atoms with Crippen LogP contribution in [0.5, 0.6) is 5.75 Å². The van der Waals surface area contributed by atoms with E-state index in [-0.39, 0.29) is 11.2 Å². The molecule has 13 heavy (non-hydrogen) atoms. The fraction of sp³-hybridized carbons (Fsp3) is 0.286. The third-order valence-electron chi connectivity index (χ3n) is 1.64. The predicted octanol–water partition coefficient (Wildman–Crippen LogP) is 0.849. The third kappa shape index (κ3) is 1.42. The molecule has 0 aliphatic carbocycles. The molecule has 1 aliphatic heterocycles. The number of halogens is 1. The van der Waals surface area contributed by atoms with E-state index >= 15 is 0 Å². The van der Waals surface area contributed by atoms with E-state index in [1.54, 1.807) is 6.92 Å². The van der Waals surface area contributed by atoms with E-state index in [1.165, 1.54) is 6.20 Å². The minimum atomic E-state index is -0.516. The van der Waals surface area contributed by atoms with Gasteiger partial charge < -0.3 is 10.1 Å². The quantitative estimate of drug-likeness (QED) is 0.630. The second-order valence-corrected chi connectivity index (χ2v) is 2.94. The number of hydrogen-bond donors (Lipinski definition) is 1. The number of carbonyl (C=O) groups is 1. The summed E-state index contributed by atoms with van der Waals surface area (Å²) >= 11 is 5.53. The zero-order valence-electron chi connectivity index (χ0n) is 6.74. The molecule has 0 aromatic carbocycles. The van der Waals surface area contributed by atoms with Crippen LogP contribution < -0.4 is 10.1 Å². The lowest BCUT2D eigenvalue weighted by Crippen LogP contribution is -2.34. The Bertz CT molecular complexity index is 369. The smallest absolute Gasteiger partial charge is 0.266 e. The number of fused-ring (bicyclic) bond motifs is 1. The Morgan fingerprint density at radius 3 is 3.23 bits per heavy atom. The molecule has 1 amide bonds. The van der Waals surface area contributed by atoms with Crippen LogP contribution in [0.4, 0.5) is 5.82 Å². The lowest BCUT2D eigenvalue weighted by Gasteiger charge is -2.21. The van der Waals surface area contributed by atoms with Gasteiger partial charge in [0, 0.05) is 0 Å². The molecule has 0 radical (unpaired) electrons. The van der Waals surface area contributed by atoms with E-state index in [0.717, 1.165) is 0 Å². The van der Waals surface area contributed by atoms with Crippen molar-refractivity contribution < 1.29 is 9.53 Å². The minimum Gasteiger partial charge on any atom is -0.475 e. The van der Waals surface area contributed by atoms with Crippen molar-refractivity contribution in [3.63, 3.8) is 0 Å². The summed E-state index contributed by atoms with van der Waals surface area (Å²) in [5.74, 6) is 0.530. The normalized spacial score (nSPS) is 20.2. The topological polar surface area (TPSA) is 64.1 Å². The first-order valence-corrected chi connectivity index (χ1v) is 4.04. The van der Waals surface area contributed by atoms with Gasteiger partial charge in [-0.15, -0.1) is 0 Å². The second-order valence-electron chi connectivity index (χ2n) is 2.60. The number of nitrogens with zero attached hydrogens (tertiary/aromatic N) is 2. The molecule has 1 unspecified atom stereocenters. The van der Waals surface area contributed by atoms with Crippen molar-refractivity contribution in [1.29, 1.82) is 0 Å². The van der Waals surface area contributed by atoms with Gasteiger partial charge in [-0.2, -0.15) is 4.98 Å². The molecule has 1 aromatic rings. The summed E-state index contributed by atoms with van der Waals surface area (Å²) in [7, 11) is 0. The van der Waals surface area contributed by atoms with Gasteiger partial charge in [0.1, 0.15) is 0 Å². The zero-order chi connectivity index (χ0) is 9.42. The van der Waals surface area contributed by atoms with Crippen LogP contribution in [0.25, 0.3) is 0 Å². The highest BCUT2D eigenvalue weighted by Crippen LogP contribution is 2.26. The lowest BCUT2D eigenvalue weighted by atomic mass is 10.3. The maximum absolute atomic E-state index is 11.1. The maximum Gasteiger partial charge on any atom is 0.266 e. The summed E-state index contributed by atoms with van der Waals surface area (Å²) in [5, 5.41) is 2.63. The van der Waals surface area contributed by atoms with Crippen LogP contribution in [-0.2, 0) is 4.79 Å². The van der Waals surface area contributed by atoms with Crippen molar-refractivity contribution in [2.45, 2.75) is 13.0 Å². The summed E-state index contributed by atoms with van der Waals surface area (Å²) in [6.45, 7) is 1.65. The van der Waals surface area contributed by atoms with Gasteiger partial charge in [-0.05, 0) is 18.5 Å². The summed E-state index contributed by atoms with van der Waals surface area (Å²) in [6, 6.07) is 0. The lowest BCUT2D eigenvalue weighted by molar-refractivity contribution is -0.122. The van der Waals surface area contributed by atoms with E-state index in [9.17, 15) is 4.79 Å². The molecule has 0 fully saturated rings. The molecule has 1 aromatic heterocycles. The van der Waals surface area contributed by atoms with Gasteiger partial charge in [-0.1, -0.05) is 0 Å². The Morgan fingerprint density at radius 1 is 1.69 bits per heavy atom. The van der Waals surface area contributed by atoms with Crippen molar-refractivity contribution >= 4 is 23.3 Å². The first-order chi connectivity index (χ1) is 6.16. The summed E-state index contributed by atoms with van der Waals surface area (Å²) < 4.78 is 5.20. The van der Waals surface area contributed by atoms with Gasteiger partial charge in [0.15, 0.2) is 17.7 Å². The summed E-state index contributed by atoms with van der Waals surface area (Å²) in [4.78, 5) is 18.7. The van der Waals surface area contributed by atoms with Crippen molar-refractivity contribution in [3.8, 4) is 5.75 Å². The number of amides is 1. The van der Waals surface area contributed by atoms with Gasteiger partial charge >= 0.3 is 0 Å². The van der Waals surface area contributed by atoms with E-state index in [4.69, 9.17) is 16.3 Å². The summed E-state index contributed by atoms with van der Waals surface area (Å²) in [6.07, 6.45) is 0.915. The van der Waals surface area contributed by atoms with Crippen molar-refractivity contribution in [2.75, 3.05) is 5.32 Å². The Kier molecular flexibility index (Phi) is 1.81. The average Bonchev–Trinajstić information content (AvgIpc) is 2.08. The highest BCUT2D eigenvalue weighted by molar-refractivity contribution is 6.28. The summed E-state index contributed by atoms with van der Waals surface area (Å²) in [5.41, 5.74) is 0. The number of aromatic nitrogens is 2. The Morgan fingerprint density at radius 2 is 2.46 bits per heavy atom. The minimum absolute atomic E-state index is 0.0807. The molecule has 2 heterocycles. The van der Waals surface area contributed by atoms with Gasteiger partial charge in [-0.25, -0.2) is 4.98 Å². The number of ether oxygens (including phenoxy) is 1. The molecule has 68 valence electrons. The van der Waals surface area contributed by atoms with Crippen molar-refractivity contribution in [1.82, 2.24) is 9.97 Å². The third-order valence-corrected chi connectivity index (χ3v) is 1.82.